The molecule has 3 aromatic rings. The molecular weight excluding hydrogens is 284 g/mol. The summed E-state index contributed by atoms with van der Waals surface area (Å²) in [4.78, 5) is 16.2. The lowest BCUT2D eigenvalue weighted by Crippen LogP contribution is -2.27. The van der Waals surface area contributed by atoms with Crippen LogP contribution >= 0.6 is 0 Å². The smallest absolute Gasteiger partial charge is 0.270 e. The molecular formula is C20H18N2O. The highest BCUT2D eigenvalue weighted by molar-refractivity contribution is 5.92. The number of carbonyl (C=O) groups is 1. The second kappa shape index (κ2) is 6.88. The average molecular weight is 302 g/mol. The van der Waals surface area contributed by atoms with E-state index >= 15 is 0 Å². The fourth-order valence-electron chi connectivity index (χ4n) is 2.45. The maximum Gasteiger partial charge on any atom is 0.270 e. The standard InChI is InChI=1S/C20H18N2O/c1-15(22-20(23)19-9-5-6-14-21-19)16-10-12-18(13-11-16)17-7-3-2-4-8-17/h2-15H,1H3,(H,22,23)/t15-/m1/s1. The van der Waals surface area contributed by atoms with Crippen molar-refractivity contribution < 1.29 is 4.79 Å². The van der Waals surface area contributed by atoms with E-state index in [0.29, 0.717) is 5.69 Å². The van der Waals surface area contributed by atoms with Gasteiger partial charge in [0.25, 0.3) is 5.91 Å². The number of aromatic nitrogens is 1. The predicted octanol–water partition coefficient (Wildman–Crippen LogP) is 4.24. The van der Waals surface area contributed by atoms with Crippen molar-refractivity contribution >= 4 is 5.91 Å². The van der Waals surface area contributed by atoms with Crippen molar-refractivity contribution in [2.24, 2.45) is 0 Å². The maximum atomic E-state index is 12.1. The fraction of sp³-hybridized carbons (Fsp3) is 0.100. The summed E-state index contributed by atoms with van der Waals surface area (Å²) in [5.74, 6) is -0.162. The summed E-state index contributed by atoms with van der Waals surface area (Å²) in [6, 6.07) is 23.7. The normalized spacial score (nSPS) is 11.7. The quantitative estimate of drug-likeness (QED) is 0.783. The van der Waals surface area contributed by atoms with E-state index in [9.17, 15) is 4.79 Å². The van der Waals surface area contributed by atoms with Crippen LogP contribution in [0.15, 0.2) is 79.0 Å². The average Bonchev–Trinajstić information content (AvgIpc) is 2.63. The third-order valence-corrected chi connectivity index (χ3v) is 3.76. The number of nitrogens with one attached hydrogen (secondary N) is 1. The van der Waals surface area contributed by atoms with Crippen LogP contribution in [0.25, 0.3) is 11.1 Å². The Morgan fingerprint density at radius 2 is 1.52 bits per heavy atom. The summed E-state index contributed by atoms with van der Waals surface area (Å²) in [7, 11) is 0. The molecule has 0 fully saturated rings. The zero-order chi connectivity index (χ0) is 16.1. The van der Waals surface area contributed by atoms with Gasteiger partial charge in [0.1, 0.15) is 5.69 Å². The van der Waals surface area contributed by atoms with Gasteiger partial charge >= 0.3 is 0 Å². The third-order valence-electron chi connectivity index (χ3n) is 3.76. The largest absolute Gasteiger partial charge is 0.344 e. The van der Waals surface area contributed by atoms with Crippen molar-refractivity contribution in [3.63, 3.8) is 0 Å². The van der Waals surface area contributed by atoms with Crippen molar-refractivity contribution in [1.29, 1.82) is 0 Å². The highest BCUT2D eigenvalue weighted by Crippen LogP contribution is 2.21. The highest BCUT2D eigenvalue weighted by atomic mass is 16.1. The molecule has 114 valence electrons. The molecule has 3 rings (SSSR count). The van der Waals surface area contributed by atoms with Crippen LogP contribution in [0.3, 0.4) is 0 Å². The monoisotopic (exact) mass is 302 g/mol. The Bertz CT molecular complexity index is 768. The van der Waals surface area contributed by atoms with Crippen LogP contribution in [0.2, 0.25) is 0 Å². The molecule has 0 bridgehead atoms. The lowest BCUT2D eigenvalue weighted by atomic mass is 10.0. The van der Waals surface area contributed by atoms with Gasteiger partial charge in [-0.1, -0.05) is 60.7 Å². The summed E-state index contributed by atoms with van der Waals surface area (Å²) >= 11 is 0. The van der Waals surface area contributed by atoms with Crippen molar-refractivity contribution in [3.05, 3.63) is 90.3 Å². The molecule has 0 radical (unpaired) electrons. The summed E-state index contributed by atoms with van der Waals surface area (Å²) in [6.07, 6.45) is 1.62. The summed E-state index contributed by atoms with van der Waals surface area (Å²) < 4.78 is 0. The molecule has 0 aliphatic rings. The Balaban J connectivity index is 1.71. The van der Waals surface area contributed by atoms with Gasteiger partial charge in [-0.2, -0.15) is 0 Å². The molecule has 0 saturated heterocycles. The maximum absolute atomic E-state index is 12.1. The SMILES string of the molecule is C[C@@H](NC(=O)c1ccccn1)c1ccc(-c2ccccc2)cc1. The molecule has 0 spiro atoms. The van der Waals surface area contributed by atoms with Gasteiger partial charge in [-0.05, 0) is 35.7 Å². The van der Waals surface area contributed by atoms with E-state index in [1.54, 1.807) is 24.4 Å². The second-order valence-electron chi connectivity index (χ2n) is 5.40. The summed E-state index contributed by atoms with van der Waals surface area (Å²) in [5, 5.41) is 2.97. The van der Waals surface area contributed by atoms with Crippen LogP contribution in [-0.4, -0.2) is 10.9 Å². The molecule has 3 heteroatoms. The molecule has 1 heterocycles. The molecule has 1 aromatic heterocycles. The van der Waals surface area contributed by atoms with Gasteiger partial charge in [-0.3, -0.25) is 9.78 Å². The van der Waals surface area contributed by atoms with E-state index in [1.807, 2.05) is 37.3 Å². The van der Waals surface area contributed by atoms with Crippen LogP contribution in [0.4, 0.5) is 0 Å². The molecule has 23 heavy (non-hydrogen) atoms. The third kappa shape index (κ3) is 3.64. The first-order valence-electron chi connectivity index (χ1n) is 7.61. The van der Waals surface area contributed by atoms with Gasteiger partial charge < -0.3 is 5.32 Å². The Morgan fingerprint density at radius 1 is 0.870 bits per heavy atom. The van der Waals surface area contributed by atoms with Crippen LogP contribution in [0.1, 0.15) is 29.0 Å². The van der Waals surface area contributed by atoms with Gasteiger partial charge in [-0.25, -0.2) is 0 Å². The molecule has 0 saturated carbocycles. The van der Waals surface area contributed by atoms with E-state index in [1.165, 1.54) is 5.56 Å². The minimum absolute atomic E-state index is 0.0747. The Kier molecular flexibility index (Phi) is 4.48. The van der Waals surface area contributed by atoms with Gasteiger partial charge in [0, 0.05) is 6.20 Å². The minimum atomic E-state index is -0.162. The second-order valence-corrected chi connectivity index (χ2v) is 5.40. The first-order chi connectivity index (χ1) is 11.2. The van der Waals surface area contributed by atoms with Gasteiger partial charge in [0.15, 0.2) is 0 Å². The van der Waals surface area contributed by atoms with Crippen LogP contribution in [0.5, 0.6) is 0 Å². The molecule has 0 aliphatic carbocycles. The topological polar surface area (TPSA) is 42.0 Å². The van der Waals surface area contributed by atoms with E-state index in [0.717, 1.165) is 11.1 Å². The lowest BCUT2D eigenvalue weighted by molar-refractivity contribution is 0.0935. The number of benzene rings is 2. The van der Waals surface area contributed by atoms with Crippen molar-refractivity contribution in [3.8, 4) is 11.1 Å². The van der Waals surface area contributed by atoms with Gasteiger partial charge in [0.2, 0.25) is 0 Å². The zero-order valence-electron chi connectivity index (χ0n) is 12.9. The number of rotatable bonds is 4. The molecule has 2 aromatic carbocycles. The van der Waals surface area contributed by atoms with E-state index in [-0.39, 0.29) is 11.9 Å². The molecule has 0 unspecified atom stereocenters. The Morgan fingerprint density at radius 3 is 2.17 bits per heavy atom. The first kappa shape index (κ1) is 15.0. The Labute approximate surface area is 136 Å². The number of hydrogen-bond donors (Lipinski definition) is 1. The van der Waals surface area contributed by atoms with Gasteiger partial charge in [0.05, 0.1) is 6.04 Å². The Hall–Kier alpha value is -2.94. The zero-order valence-corrected chi connectivity index (χ0v) is 12.9. The molecule has 0 aliphatic heterocycles. The molecule has 1 amide bonds. The summed E-state index contributed by atoms with van der Waals surface area (Å²) in [6.45, 7) is 1.97. The van der Waals surface area contributed by atoms with E-state index in [2.05, 4.69) is 34.6 Å². The van der Waals surface area contributed by atoms with Gasteiger partial charge in [-0.15, -0.1) is 0 Å². The van der Waals surface area contributed by atoms with E-state index < -0.39 is 0 Å². The molecule has 1 atom stereocenters. The van der Waals surface area contributed by atoms with E-state index in [4.69, 9.17) is 0 Å². The number of nitrogens with zero attached hydrogens (tertiary/aromatic N) is 1. The fourth-order valence-corrected chi connectivity index (χ4v) is 2.45. The van der Waals surface area contributed by atoms with Crippen molar-refractivity contribution in [2.45, 2.75) is 13.0 Å². The number of pyridine rings is 1. The molecule has 1 N–H and O–H groups in total. The van der Waals surface area contributed by atoms with Crippen LogP contribution in [-0.2, 0) is 0 Å². The van der Waals surface area contributed by atoms with Crippen molar-refractivity contribution in [2.75, 3.05) is 0 Å². The first-order valence-corrected chi connectivity index (χ1v) is 7.61. The number of carbonyl (C=O) groups excluding carboxylic acids is 1. The lowest BCUT2D eigenvalue weighted by Gasteiger charge is -2.14. The molecule has 3 nitrogen and oxygen atoms in total. The van der Waals surface area contributed by atoms with Crippen LogP contribution in [0, 0.1) is 0 Å². The number of amides is 1. The number of hydrogen-bond acceptors (Lipinski definition) is 2. The van der Waals surface area contributed by atoms with Crippen LogP contribution < -0.4 is 5.32 Å². The predicted molar refractivity (Wildman–Crippen MR) is 92.0 cm³/mol. The summed E-state index contributed by atoms with van der Waals surface area (Å²) in [5.41, 5.74) is 3.84. The minimum Gasteiger partial charge on any atom is -0.344 e. The van der Waals surface area contributed by atoms with Crippen molar-refractivity contribution in [1.82, 2.24) is 10.3 Å². The highest BCUT2D eigenvalue weighted by Gasteiger charge is 2.12.